The van der Waals surface area contributed by atoms with Crippen LogP contribution in [-0.4, -0.2) is 53.8 Å². The molecule has 1 amide bonds. The van der Waals surface area contributed by atoms with Crippen LogP contribution in [0.1, 0.15) is 16.1 Å². The Labute approximate surface area is 183 Å². The number of nitrogens with zero attached hydrogens (tertiary/aromatic N) is 3. The molecule has 1 aromatic heterocycles. The SMILES string of the molecule is COc1cnc(C(=O)Nc2cc(F)c(F)c([C@]34CO[C@H](C(F)F)[C@@H]3CN=C(N)S4)c2)cn1. The Hall–Kier alpha value is -2.93. The highest BCUT2D eigenvalue weighted by molar-refractivity contribution is 8.14. The Balaban J connectivity index is 1.70. The lowest BCUT2D eigenvalue weighted by atomic mass is 9.83. The van der Waals surface area contributed by atoms with Crippen LogP contribution in [0.15, 0.2) is 29.5 Å². The molecule has 2 aromatic rings. The fourth-order valence-corrected chi connectivity index (χ4v) is 5.01. The topological polar surface area (TPSA) is 112 Å². The second kappa shape index (κ2) is 8.54. The second-order valence-electron chi connectivity index (χ2n) is 7.10. The average Bonchev–Trinajstić information content (AvgIpc) is 3.15. The van der Waals surface area contributed by atoms with Crippen LogP contribution in [0.3, 0.4) is 0 Å². The van der Waals surface area contributed by atoms with Crippen LogP contribution in [0.4, 0.5) is 23.2 Å². The van der Waals surface area contributed by atoms with E-state index in [4.69, 9.17) is 15.2 Å². The lowest BCUT2D eigenvalue weighted by Gasteiger charge is -2.37. The molecule has 1 fully saturated rings. The highest BCUT2D eigenvalue weighted by Crippen LogP contribution is 2.54. The zero-order valence-corrected chi connectivity index (χ0v) is 17.3. The van der Waals surface area contributed by atoms with Crippen molar-refractivity contribution < 1.29 is 31.8 Å². The van der Waals surface area contributed by atoms with E-state index >= 15 is 0 Å². The fourth-order valence-electron chi connectivity index (χ4n) is 3.76. The van der Waals surface area contributed by atoms with Gasteiger partial charge in [-0.1, -0.05) is 11.8 Å². The van der Waals surface area contributed by atoms with Crippen molar-refractivity contribution in [2.75, 3.05) is 25.6 Å². The van der Waals surface area contributed by atoms with Gasteiger partial charge in [-0.05, 0) is 6.07 Å². The van der Waals surface area contributed by atoms with Gasteiger partial charge in [-0.3, -0.25) is 9.79 Å². The summed E-state index contributed by atoms with van der Waals surface area (Å²) in [6.45, 7) is -0.460. The fraction of sp³-hybridized carbons (Fsp3) is 0.368. The van der Waals surface area contributed by atoms with Crippen molar-refractivity contribution in [2.24, 2.45) is 16.6 Å². The predicted octanol–water partition coefficient (Wildman–Crippen LogP) is 2.55. The molecule has 3 atom stereocenters. The third kappa shape index (κ3) is 3.86. The summed E-state index contributed by atoms with van der Waals surface area (Å²) in [5, 5.41) is 2.46. The Kier molecular flexibility index (Phi) is 5.95. The molecular weight excluding hydrogens is 454 g/mol. The molecule has 32 heavy (non-hydrogen) atoms. The van der Waals surface area contributed by atoms with Crippen molar-refractivity contribution in [3.05, 3.63) is 47.4 Å². The van der Waals surface area contributed by atoms with Crippen LogP contribution < -0.4 is 15.8 Å². The predicted molar refractivity (Wildman–Crippen MR) is 108 cm³/mol. The van der Waals surface area contributed by atoms with Crippen molar-refractivity contribution in [3.8, 4) is 5.88 Å². The Morgan fingerprint density at radius 1 is 1.34 bits per heavy atom. The number of alkyl halides is 2. The quantitative estimate of drug-likeness (QED) is 0.645. The van der Waals surface area contributed by atoms with Gasteiger partial charge in [0.05, 0.1) is 30.9 Å². The number of fused-ring (bicyclic) bond motifs is 1. The Bertz CT molecular complexity index is 1070. The third-order valence-electron chi connectivity index (χ3n) is 5.28. The van der Waals surface area contributed by atoms with Crippen LogP contribution >= 0.6 is 11.8 Å². The van der Waals surface area contributed by atoms with Crippen molar-refractivity contribution in [3.63, 3.8) is 0 Å². The third-order valence-corrected chi connectivity index (χ3v) is 6.62. The van der Waals surface area contributed by atoms with Gasteiger partial charge in [-0.15, -0.1) is 0 Å². The number of anilines is 1. The van der Waals surface area contributed by atoms with E-state index in [9.17, 15) is 22.4 Å². The first-order chi connectivity index (χ1) is 15.2. The molecule has 170 valence electrons. The van der Waals surface area contributed by atoms with E-state index in [1.165, 1.54) is 19.4 Å². The Morgan fingerprint density at radius 2 is 2.12 bits per heavy atom. The number of methoxy groups -OCH3 is 1. The van der Waals surface area contributed by atoms with Gasteiger partial charge >= 0.3 is 0 Å². The second-order valence-corrected chi connectivity index (χ2v) is 8.46. The molecule has 0 spiro atoms. The molecule has 4 rings (SSSR count). The minimum atomic E-state index is -2.85. The first-order valence-electron chi connectivity index (χ1n) is 9.30. The van der Waals surface area contributed by atoms with E-state index in [-0.39, 0.29) is 41.1 Å². The molecule has 13 heteroatoms. The number of hydrogen-bond donors (Lipinski definition) is 2. The van der Waals surface area contributed by atoms with Gasteiger partial charge in [0.25, 0.3) is 12.3 Å². The highest BCUT2D eigenvalue weighted by atomic mass is 32.2. The summed E-state index contributed by atoms with van der Waals surface area (Å²) in [5.74, 6) is -4.01. The maximum atomic E-state index is 14.9. The summed E-state index contributed by atoms with van der Waals surface area (Å²) < 4.78 is 65.2. The number of benzene rings is 1. The molecule has 8 nitrogen and oxygen atoms in total. The number of aliphatic imine (C=N–C) groups is 1. The molecule has 1 aromatic carbocycles. The molecule has 2 aliphatic heterocycles. The zero-order chi connectivity index (χ0) is 23.0. The number of ether oxygens (including phenoxy) is 2. The molecule has 3 N–H and O–H groups in total. The molecule has 0 radical (unpaired) electrons. The number of aromatic nitrogens is 2. The standard InChI is InChI=1S/C19H17F4N5O3S/c1-30-13-6-25-12(5-26-13)17(29)28-8-2-9(14(21)11(20)3-8)19-7-31-15(16(22)23)10(19)4-27-18(24)32-19/h2-3,5-6,10,15-16H,4,7H2,1H3,(H2,24,27)(H,28,29)/t10-,15-,19+/m0/s1. The highest BCUT2D eigenvalue weighted by Gasteiger charge is 2.57. The summed E-state index contributed by atoms with van der Waals surface area (Å²) in [5.41, 5.74) is 5.36. The minimum Gasteiger partial charge on any atom is -0.480 e. The van der Waals surface area contributed by atoms with Gasteiger partial charge < -0.3 is 20.5 Å². The van der Waals surface area contributed by atoms with Gasteiger partial charge in [-0.25, -0.2) is 27.5 Å². The maximum Gasteiger partial charge on any atom is 0.275 e. The van der Waals surface area contributed by atoms with Gasteiger partial charge in [-0.2, -0.15) is 0 Å². The number of carbonyl (C=O) groups excluding carboxylic acids is 1. The summed E-state index contributed by atoms with van der Waals surface area (Å²) >= 11 is 0.843. The van der Waals surface area contributed by atoms with Crippen molar-refractivity contribution in [1.29, 1.82) is 0 Å². The van der Waals surface area contributed by atoms with Crippen molar-refractivity contribution in [1.82, 2.24) is 9.97 Å². The van der Waals surface area contributed by atoms with Crippen LogP contribution in [0.5, 0.6) is 5.88 Å². The Morgan fingerprint density at radius 3 is 2.78 bits per heavy atom. The van der Waals surface area contributed by atoms with Crippen LogP contribution in [0.2, 0.25) is 0 Å². The molecule has 1 saturated heterocycles. The molecule has 0 bridgehead atoms. The monoisotopic (exact) mass is 471 g/mol. The number of amides is 1. The summed E-state index contributed by atoms with van der Waals surface area (Å²) in [7, 11) is 1.38. The van der Waals surface area contributed by atoms with Gasteiger partial charge in [0.1, 0.15) is 11.8 Å². The number of hydrogen-bond acceptors (Lipinski definition) is 8. The molecule has 0 aliphatic carbocycles. The van der Waals surface area contributed by atoms with Crippen LogP contribution in [0, 0.1) is 17.6 Å². The number of nitrogens with two attached hydrogens (primary N) is 1. The number of halogens is 4. The van der Waals surface area contributed by atoms with Gasteiger partial charge in [0, 0.05) is 29.8 Å². The smallest absolute Gasteiger partial charge is 0.275 e. The van der Waals surface area contributed by atoms with Crippen molar-refractivity contribution >= 4 is 28.5 Å². The molecule has 0 unspecified atom stereocenters. The first-order valence-corrected chi connectivity index (χ1v) is 10.1. The van der Waals surface area contributed by atoms with Crippen molar-refractivity contribution in [2.45, 2.75) is 17.3 Å². The van der Waals surface area contributed by atoms with E-state index in [0.717, 1.165) is 24.0 Å². The molecular formula is C19H17F4N5O3S. The molecule has 3 heterocycles. The van der Waals surface area contributed by atoms with Crippen LogP contribution in [0.25, 0.3) is 0 Å². The lowest BCUT2D eigenvalue weighted by molar-refractivity contribution is -0.0378. The average molecular weight is 471 g/mol. The minimum absolute atomic E-state index is 0.0440. The van der Waals surface area contributed by atoms with Crippen LogP contribution in [-0.2, 0) is 9.48 Å². The van der Waals surface area contributed by atoms with E-state index < -0.39 is 40.7 Å². The normalized spacial score (nSPS) is 24.8. The van der Waals surface area contributed by atoms with E-state index in [0.29, 0.717) is 0 Å². The summed E-state index contributed by atoms with van der Waals surface area (Å²) in [4.78, 5) is 24.2. The zero-order valence-electron chi connectivity index (χ0n) is 16.5. The summed E-state index contributed by atoms with van der Waals surface area (Å²) in [6, 6.07) is 1.97. The number of thioether (sulfide) groups is 1. The maximum absolute atomic E-state index is 14.9. The number of nitrogens with one attached hydrogen (secondary N) is 1. The van der Waals surface area contributed by atoms with E-state index in [1.807, 2.05) is 0 Å². The first kappa shape index (κ1) is 22.3. The molecule has 0 saturated carbocycles. The number of carbonyl (C=O) groups is 1. The number of rotatable bonds is 5. The van der Waals surface area contributed by atoms with Gasteiger partial charge in [0.15, 0.2) is 16.8 Å². The van der Waals surface area contributed by atoms with E-state index in [2.05, 4.69) is 20.3 Å². The number of amidine groups is 1. The largest absolute Gasteiger partial charge is 0.480 e. The molecule has 2 aliphatic rings. The summed E-state index contributed by atoms with van der Waals surface area (Å²) in [6.07, 6.45) is -2.00. The van der Waals surface area contributed by atoms with Gasteiger partial charge in [0.2, 0.25) is 5.88 Å². The lowest BCUT2D eigenvalue weighted by Crippen LogP contribution is -2.43. The van der Waals surface area contributed by atoms with E-state index in [1.54, 1.807) is 0 Å².